The quantitative estimate of drug-likeness (QED) is 0.738. The highest BCUT2D eigenvalue weighted by atomic mass is 16.5. The Bertz CT molecular complexity index is 867. The van der Waals surface area contributed by atoms with Crippen molar-refractivity contribution in [3.05, 3.63) is 64.6 Å². The number of fused-ring (bicyclic) bond motifs is 2. The molecule has 0 aromatic carbocycles. The Morgan fingerprint density at radius 1 is 1.12 bits per heavy atom. The maximum absolute atomic E-state index is 6.24. The Hall–Kier alpha value is -2.49. The Morgan fingerprint density at radius 3 is 3.00 bits per heavy atom. The van der Waals surface area contributed by atoms with E-state index in [2.05, 4.69) is 39.2 Å². The van der Waals surface area contributed by atoms with Crippen molar-refractivity contribution in [2.75, 3.05) is 6.61 Å². The third-order valence-corrected chi connectivity index (χ3v) is 5.55. The van der Waals surface area contributed by atoms with Gasteiger partial charge in [-0.3, -0.25) is 0 Å². The molecule has 3 N–H and O–H groups in total. The van der Waals surface area contributed by atoms with Gasteiger partial charge in [0.05, 0.1) is 12.7 Å². The highest BCUT2D eigenvalue weighted by Gasteiger charge is 2.30. The minimum atomic E-state index is 0.478. The van der Waals surface area contributed by atoms with Crippen molar-refractivity contribution in [2.45, 2.75) is 44.4 Å². The summed E-state index contributed by atoms with van der Waals surface area (Å²) in [6.45, 7) is 0.757. The van der Waals surface area contributed by atoms with E-state index in [-0.39, 0.29) is 0 Å². The zero-order valence-electron chi connectivity index (χ0n) is 14.4. The van der Waals surface area contributed by atoms with Crippen LogP contribution in [-0.2, 0) is 11.2 Å². The third kappa shape index (κ3) is 2.76. The first-order valence-electron chi connectivity index (χ1n) is 9.43. The predicted octanol–water partition coefficient (Wildman–Crippen LogP) is 2.77. The van der Waals surface area contributed by atoms with Gasteiger partial charge in [0.2, 0.25) is 11.4 Å². The summed E-state index contributed by atoms with van der Waals surface area (Å²) in [5, 5.41) is 0. The number of hydrogen-bond acceptors (Lipinski definition) is 1. The van der Waals surface area contributed by atoms with Gasteiger partial charge in [-0.25, -0.2) is 4.99 Å². The van der Waals surface area contributed by atoms with Gasteiger partial charge in [0.25, 0.3) is 0 Å². The molecule has 128 valence electrons. The lowest BCUT2D eigenvalue weighted by Gasteiger charge is -2.20. The molecule has 0 fully saturated rings. The van der Waals surface area contributed by atoms with Gasteiger partial charge in [0, 0.05) is 29.6 Å². The van der Waals surface area contributed by atoms with Crippen LogP contribution in [0.4, 0.5) is 0 Å². The molecule has 2 bridgehead atoms. The van der Waals surface area contributed by atoms with Crippen LogP contribution in [0.1, 0.15) is 60.7 Å². The minimum Gasteiger partial charge on any atom is -0.486 e. The number of rotatable bonds is 1. The smallest absolute Gasteiger partial charge is 0.248 e. The number of ether oxygens (including phenoxy) is 1. The van der Waals surface area contributed by atoms with E-state index in [0.717, 1.165) is 35.9 Å². The zero-order valence-corrected chi connectivity index (χ0v) is 14.4. The summed E-state index contributed by atoms with van der Waals surface area (Å²) in [6.07, 6.45) is 13.9. The summed E-state index contributed by atoms with van der Waals surface area (Å²) >= 11 is 0. The maximum Gasteiger partial charge on any atom is 0.248 e. The second kappa shape index (κ2) is 6.10. The fourth-order valence-corrected chi connectivity index (χ4v) is 4.18. The van der Waals surface area contributed by atoms with E-state index in [0.29, 0.717) is 5.92 Å². The molecule has 0 saturated heterocycles. The second-order valence-electron chi connectivity index (χ2n) is 7.31. The molecule has 5 rings (SSSR count). The summed E-state index contributed by atoms with van der Waals surface area (Å²) in [5.74, 6) is 1.43. The summed E-state index contributed by atoms with van der Waals surface area (Å²) in [5.41, 5.74) is 7.26. The molecule has 2 aromatic heterocycles. The fraction of sp³-hybridized carbons (Fsp3) is 0.381. The first-order valence-corrected chi connectivity index (χ1v) is 9.43. The van der Waals surface area contributed by atoms with Crippen molar-refractivity contribution in [1.82, 2.24) is 9.97 Å². The number of aryl methyl sites for hydroxylation is 1. The van der Waals surface area contributed by atoms with Crippen molar-refractivity contribution < 1.29 is 9.73 Å². The highest BCUT2D eigenvalue weighted by Crippen LogP contribution is 2.33. The van der Waals surface area contributed by atoms with Crippen molar-refractivity contribution in [1.29, 1.82) is 0 Å². The standard InChI is InChI=1S/C21H23N3O/c1-2-4-7-15-10-16-14(6-3-1)13-25-21-12-19(17-8-5-9-22-17)24-20(21)11-18(16)23-15/h5,8-12,14,22-23H,1-4,6-7,13H2/p+1/b20-11+. The first kappa shape index (κ1) is 14.8. The van der Waals surface area contributed by atoms with Gasteiger partial charge in [-0.2, -0.15) is 0 Å². The molecule has 1 atom stereocenters. The Kier molecular flexibility index (Phi) is 3.62. The van der Waals surface area contributed by atoms with Gasteiger partial charge in [-0.05, 0) is 43.0 Å². The molecule has 25 heavy (non-hydrogen) atoms. The lowest BCUT2D eigenvalue weighted by atomic mass is 9.91. The van der Waals surface area contributed by atoms with Crippen LogP contribution in [0.3, 0.4) is 0 Å². The largest absolute Gasteiger partial charge is 0.486 e. The van der Waals surface area contributed by atoms with E-state index in [1.54, 1.807) is 0 Å². The number of aromatic nitrogens is 2. The molecule has 2 aliphatic heterocycles. The lowest BCUT2D eigenvalue weighted by molar-refractivity contribution is -0.389. The zero-order chi connectivity index (χ0) is 16.6. The molecule has 0 amide bonds. The Morgan fingerprint density at radius 2 is 2.08 bits per heavy atom. The van der Waals surface area contributed by atoms with Gasteiger partial charge in [0.1, 0.15) is 5.69 Å². The molecule has 4 nitrogen and oxygen atoms in total. The molecule has 0 radical (unpaired) electrons. The Labute approximate surface area is 147 Å². The van der Waals surface area contributed by atoms with Crippen LogP contribution in [0.5, 0.6) is 0 Å². The SMILES string of the molecule is C1=C2OCC3CCCCCCc4cc3c([nH]4)/C=C\2[NH+]=C1c1ccc[nH]1. The van der Waals surface area contributed by atoms with E-state index in [4.69, 9.17) is 4.74 Å². The second-order valence-corrected chi connectivity index (χ2v) is 7.31. The van der Waals surface area contributed by atoms with Crippen molar-refractivity contribution in [2.24, 2.45) is 0 Å². The van der Waals surface area contributed by atoms with E-state index in [9.17, 15) is 0 Å². The fourth-order valence-electron chi connectivity index (χ4n) is 4.18. The van der Waals surface area contributed by atoms with Gasteiger partial charge < -0.3 is 14.7 Å². The molecule has 3 aliphatic rings. The van der Waals surface area contributed by atoms with Gasteiger partial charge in [-0.15, -0.1) is 0 Å². The van der Waals surface area contributed by atoms with Crippen LogP contribution in [-0.4, -0.2) is 22.3 Å². The van der Waals surface area contributed by atoms with Gasteiger partial charge in [0.15, 0.2) is 5.76 Å². The molecule has 4 heterocycles. The average molecular weight is 334 g/mol. The molecular formula is C21H24N3O+. The van der Waals surface area contributed by atoms with Crippen LogP contribution in [0.15, 0.2) is 41.9 Å². The monoisotopic (exact) mass is 334 g/mol. The van der Waals surface area contributed by atoms with Crippen LogP contribution in [0.2, 0.25) is 0 Å². The molecule has 4 heteroatoms. The summed E-state index contributed by atoms with van der Waals surface area (Å²) in [6, 6.07) is 6.47. The Balaban J connectivity index is 1.57. The number of aromatic amines is 2. The number of nitrogens with one attached hydrogen (secondary N) is 3. The van der Waals surface area contributed by atoms with Crippen LogP contribution < -0.4 is 4.99 Å². The van der Waals surface area contributed by atoms with E-state index in [1.165, 1.54) is 49.1 Å². The van der Waals surface area contributed by atoms with Gasteiger partial charge in [-0.1, -0.05) is 19.3 Å². The first-order chi connectivity index (χ1) is 12.4. The predicted molar refractivity (Wildman–Crippen MR) is 98.2 cm³/mol. The van der Waals surface area contributed by atoms with Crippen LogP contribution in [0, 0.1) is 0 Å². The van der Waals surface area contributed by atoms with E-state index >= 15 is 0 Å². The summed E-state index contributed by atoms with van der Waals surface area (Å²) in [7, 11) is 0. The molecule has 2 aromatic rings. The number of allylic oxidation sites excluding steroid dienone is 1. The topological polar surface area (TPSA) is 54.8 Å². The molecule has 0 saturated carbocycles. The van der Waals surface area contributed by atoms with Crippen LogP contribution in [0.25, 0.3) is 6.08 Å². The molecular weight excluding hydrogens is 310 g/mol. The molecule has 1 unspecified atom stereocenters. The van der Waals surface area contributed by atoms with Crippen molar-refractivity contribution >= 4 is 11.8 Å². The van der Waals surface area contributed by atoms with E-state index in [1.807, 2.05) is 12.3 Å². The van der Waals surface area contributed by atoms with Crippen molar-refractivity contribution in [3.63, 3.8) is 0 Å². The summed E-state index contributed by atoms with van der Waals surface area (Å²) < 4.78 is 6.24. The van der Waals surface area contributed by atoms with Crippen molar-refractivity contribution in [3.8, 4) is 0 Å². The number of H-pyrrole nitrogens is 2. The normalized spacial score (nSPS) is 24.8. The minimum absolute atomic E-state index is 0.478. The van der Waals surface area contributed by atoms with Crippen LogP contribution >= 0.6 is 0 Å². The molecule has 1 aliphatic carbocycles. The summed E-state index contributed by atoms with van der Waals surface area (Å²) in [4.78, 5) is 10.4. The third-order valence-electron chi connectivity index (χ3n) is 5.55. The van der Waals surface area contributed by atoms with E-state index < -0.39 is 0 Å². The molecule has 0 spiro atoms. The lowest BCUT2D eigenvalue weighted by Crippen LogP contribution is -2.68. The maximum atomic E-state index is 6.24. The van der Waals surface area contributed by atoms with Gasteiger partial charge >= 0.3 is 0 Å². The number of hydrogen-bond donors (Lipinski definition) is 3. The average Bonchev–Trinajstić information content (AvgIpc) is 3.33. The highest BCUT2D eigenvalue weighted by molar-refractivity contribution is 6.05.